The maximum atomic E-state index is 10.4. The largest absolute Gasteiger partial charge is 0.326 e. The third-order valence-electron chi connectivity index (χ3n) is 2.00. The van der Waals surface area contributed by atoms with Crippen molar-refractivity contribution in [1.82, 2.24) is 0 Å². The van der Waals surface area contributed by atoms with Crippen LogP contribution in [0.1, 0.15) is 16.7 Å². The SMILES string of the molecule is Cc1cc(Br)cc(C)c1CO[PH](=O)O. The summed E-state index contributed by atoms with van der Waals surface area (Å²) in [6.07, 6.45) is 0. The molecule has 1 unspecified atom stereocenters. The van der Waals surface area contributed by atoms with E-state index in [4.69, 9.17) is 9.42 Å². The van der Waals surface area contributed by atoms with E-state index >= 15 is 0 Å². The Morgan fingerprint density at radius 1 is 1.43 bits per heavy atom. The average Bonchev–Trinajstić information content (AvgIpc) is 2.01. The van der Waals surface area contributed by atoms with E-state index in [0.29, 0.717) is 0 Å². The summed E-state index contributed by atoms with van der Waals surface area (Å²) < 4.78 is 16.1. The normalized spacial score (nSPS) is 12.9. The van der Waals surface area contributed by atoms with E-state index < -0.39 is 8.25 Å². The summed E-state index contributed by atoms with van der Waals surface area (Å²) in [5.74, 6) is 0. The molecule has 0 radical (unpaired) electrons. The summed E-state index contributed by atoms with van der Waals surface area (Å²) in [5.41, 5.74) is 3.08. The molecule has 0 bridgehead atoms. The minimum absolute atomic E-state index is 0.194. The molecule has 0 heterocycles. The zero-order valence-corrected chi connectivity index (χ0v) is 10.6. The van der Waals surface area contributed by atoms with E-state index in [-0.39, 0.29) is 6.61 Å². The van der Waals surface area contributed by atoms with E-state index in [0.717, 1.165) is 21.2 Å². The predicted molar refractivity (Wildman–Crippen MR) is 59.6 cm³/mol. The first-order valence-electron chi connectivity index (χ1n) is 4.12. The Kier molecular flexibility index (Phi) is 4.32. The molecule has 1 atom stereocenters. The first-order valence-corrected chi connectivity index (χ1v) is 6.17. The molecule has 0 aromatic heterocycles. The van der Waals surface area contributed by atoms with Gasteiger partial charge in [0.05, 0.1) is 6.61 Å². The highest BCUT2D eigenvalue weighted by Gasteiger charge is 2.05. The van der Waals surface area contributed by atoms with Gasteiger partial charge in [0.2, 0.25) is 0 Å². The van der Waals surface area contributed by atoms with E-state index in [1.54, 1.807) is 0 Å². The highest BCUT2D eigenvalue weighted by atomic mass is 79.9. The molecule has 1 aromatic rings. The van der Waals surface area contributed by atoms with Gasteiger partial charge in [-0.05, 0) is 42.7 Å². The monoisotopic (exact) mass is 278 g/mol. The van der Waals surface area contributed by atoms with Crippen LogP contribution in [0.2, 0.25) is 0 Å². The van der Waals surface area contributed by atoms with Gasteiger partial charge in [0.15, 0.2) is 0 Å². The standard InChI is InChI=1S/C9H12BrO3P/c1-6-3-8(10)4-7(2)9(6)5-13-14(11)12/h3-4,14H,5H2,1-2H3,(H,11,12). The van der Waals surface area contributed by atoms with Crippen LogP contribution >= 0.6 is 24.2 Å². The summed E-state index contributed by atoms with van der Waals surface area (Å²) in [4.78, 5) is 8.56. The van der Waals surface area contributed by atoms with Crippen LogP contribution in [-0.4, -0.2) is 4.89 Å². The molecule has 0 saturated heterocycles. The molecule has 0 aliphatic heterocycles. The van der Waals surface area contributed by atoms with Gasteiger partial charge in [-0.3, -0.25) is 4.57 Å². The fourth-order valence-corrected chi connectivity index (χ4v) is 2.26. The zero-order valence-electron chi connectivity index (χ0n) is 8.00. The van der Waals surface area contributed by atoms with Crippen molar-refractivity contribution >= 4 is 24.2 Å². The molecule has 1 aromatic carbocycles. The molecule has 3 nitrogen and oxygen atoms in total. The Bertz CT molecular complexity index is 342. The topological polar surface area (TPSA) is 46.5 Å². The molecule has 1 rings (SSSR count). The second-order valence-corrected chi connectivity index (χ2v) is 4.81. The summed E-state index contributed by atoms with van der Waals surface area (Å²) in [5, 5.41) is 0. The number of benzene rings is 1. The number of aryl methyl sites for hydroxylation is 2. The number of hydrogen-bond acceptors (Lipinski definition) is 2. The maximum Gasteiger partial charge on any atom is 0.316 e. The van der Waals surface area contributed by atoms with Crippen LogP contribution in [0.4, 0.5) is 0 Å². The smallest absolute Gasteiger partial charge is 0.316 e. The fourth-order valence-electron chi connectivity index (χ4n) is 1.30. The number of halogens is 1. The van der Waals surface area contributed by atoms with Crippen LogP contribution in [-0.2, 0) is 15.7 Å². The van der Waals surface area contributed by atoms with Gasteiger partial charge >= 0.3 is 8.25 Å². The summed E-state index contributed by atoms with van der Waals surface area (Å²) >= 11 is 3.38. The van der Waals surface area contributed by atoms with Gasteiger partial charge in [0.1, 0.15) is 0 Å². The van der Waals surface area contributed by atoms with E-state index in [1.807, 2.05) is 26.0 Å². The Balaban J connectivity index is 2.91. The molecule has 5 heteroatoms. The molecule has 14 heavy (non-hydrogen) atoms. The van der Waals surface area contributed by atoms with Crippen molar-refractivity contribution in [2.45, 2.75) is 20.5 Å². The minimum Gasteiger partial charge on any atom is -0.326 e. The van der Waals surface area contributed by atoms with Crippen molar-refractivity contribution in [3.63, 3.8) is 0 Å². The average molecular weight is 279 g/mol. The van der Waals surface area contributed by atoms with Gasteiger partial charge in [-0.2, -0.15) is 0 Å². The lowest BCUT2D eigenvalue weighted by Crippen LogP contribution is -1.94. The van der Waals surface area contributed by atoms with Gasteiger partial charge in [0, 0.05) is 4.47 Å². The van der Waals surface area contributed by atoms with Gasteiger partial charge in [0.25, 0.3) is 0 Å². The molecule has 0 spiro atoms. The molecule has 1 N–H and O–H groups in total. The van der Waals surface area contributed by atoms with Crippen molar-refractivity contribution in [1.29, 1.82) is 0 Å². The van der Waals surface area contributed by atoms with Crippen molar-refractivity contribution in [2.24, 2.45) is 0 Å². The van der Waals surface area contributed by atoms with Crippen LogP contribution < -0.4 is 0 Å². The summed E-state index contributed by atoms with van der Waals surface area (Å²) in [7, 11) is -2.84. The molecular weight excluding hydrogens is 267 g/mol. The maximum absolute atomic E-state index is 10.4. The molecule has 0 amide bonds. The Morgan fingerprint density at radius 2 is 1.93 bits per heavy atom. The summed E-state index contributed by atoms with van der Waals surface area (Å²) in [6.45, 7) is 4.09. The highest BCUT2D eigenvalue weighted by molar-refractivity contribution is 9.10. The van der Waals surface area contributed by atoms with E-state index in [9.17, 15) is 4.57 Å². The molecule has 0 saturated carbocycles. The van der Waals surface area contributed by atoms with Crippen molar-refractivity contribution in [3.05, 3.63) is 33.3 Å². The second-order valence-electron chi connectivity index (χ2n) is 3.07. The Morgan fingerprint density at radius 3 is 2.36 bits per heavy atom. The molecule has 0 fully saturated rings. The Hall–Kier alpha value is -0.150. The van der Waals surface area contributed by atoms with Crippen molar-refractivity contribution < 1.29 is 14.0 Å². The third kappa shape index (κ3) is 3.21. The lowest BCUT2D eigenvalue weighted by Gasteiger charge is -2.09. The second kappa shape index (κ2) is 5.08. The first-order chi connectivity index (χ1) is 6.50. The predicted octanol–water partition coefficient (Wildman–Crippen LogP) is 2.96. The fraction of sp³-hybridized carbons (Fsp3) is 0.333. The van der Waals surface area contributed by atoms with E-state index in [2.05, 4.69) is 15.9 Å². The molecular formula is C9H12BrO3P. The number of hydrogen-bond donors (Lipinski definition) is 1. The third-order valence-corrected chi connectivity index (χ3v) is 2.85. The first kappa shape index (κ1) is 11.9. The number of rotatable bonds is 3. The van der Waals surface area contributed by atoms with Crippen LogP contribution in [0.3, 0.4) is 0 Å². The molecule has 0 aliphatic carbocycles. The van der Waals surface area contributed by atoms with Crippen molar-refractivity contribution in [3.8, 4) is 0 Å². The van der Waals surface area contributed by atoms with Gasteiger partial charge < -0.3 is 9.42 Å². The van der Waals surface area contributed by atoms with Crippen LogP contribution in [0.5, 0.6) is 0 Å². The lowest BCUT2D eigenvalue weighted by atomic mass is 10.0. The molecule has 0 aliphatic rings. The lowest BCUT2D eigenvalue weighted by molar-refractivity contribution is 0.271. The van der Waals surface area contributed by atoms with E-state index in [1.165, 1.54) is 0 Å². The molecule has 78 valence electrons. The van der Waals surface area contributed by atoms with Crippen molar-refractivity contribution in [2.75, 3.05) is 0 Å². The summed E-state index contributed by atoms with van der Waals surface area (Å²) in [6, 6.07) is 3.92. The van der Waals surface area contributed by atoms with Gasteiger partial charge in [-0.1, -0.05) is 15.9 Å². The highest BCUT2D eigenvalue weighted by Crippen LogP contribution is 2.24. The minimum atomic E-state index is -2.84. The van der Waals surface area contributed by atoms with Gasteiger partial charge in [-0.15, -0.1) is 0 Å². The zero-order chi connectivity index (χ0) is 10.7. The van der Waals surface area contributed by atoms with Crippen LogP contribution in [0, 0.1) is 13.8 Å². The van der Waals surface area contributed by atoms with Gasteiger partial charge in [-0.25, -0.2) is 0 Å². The van der Waals surface area contributed by atoms with Crippen LogP contribution in [0.25, 0.3) is 0 Å². The van der Waals surface area contributed by atoms with Crippen LogP contribution in [0.15, 0.2) is 16.6 Å². The quantitative estimate of drug-likeness (QED) is 0.865. The Labute approximate surface area is 92.2 Å².